The fourth-order valence-electron chi connectivity index (χ4n) is 2.37. The van der Waals surface area contributed by atoms with Gasteiger partial charge in [-0.15, -0.1) is 0 Å². The van der Waals surface area contributed by atoms with Crippen LogP contribution in [0.1, 0.15) is 23.1 Å². The van der Waals surface area contributed by atoms with Gasteiger partial charge in [-0.05, 0) is 56.5 Å². The first-order valence-corrected chi connectivity index (χ1v) is 6.22. The Bertz CT molecular complexity index is 363. The molecular weight excluding hydrogens is 196 g/mol. The van der Waals surface area contributed by atoms with Crippen LogP contribution in [0.4, 0.5) is 5.69 Å². The Morgan fingerprint density at radius 2 is 1.69 bits per heavy atom. The maximum Gasteiger partial charge on any atom is 0.0399 e. The summed E-state index contributed by atoms with van der Waals surface area (Å²) in [6, 6.07) is 4.65. The van der Waals surface area contributed by atoms with E-state index in [1.807, 2.05) is 0 Å². The largest absolute Gasteiger partial charge is 0.370 e. The number of benzene rings is 1. The second kappa shape index (κ2) is 4.88. The summed E-state index contributed by atoms with van der Waals surface area (Å²) in [4.78, 5) is 2.52. The van der Waals surface area contributed by atoms with E-state index in [0.29, 0.717) is 0 Å². The number of hydrogen-bond acceptors (Lipinski definition) is 2. The van der Waals surface area contributed by atoms with E-state index < -0.39 is 0 Å². The van der Waals surface area contributed by atoms with E-state index in [1.165, 1.54) is 35.3 Å². The number of nitrogens with zero attached hydrogens (tertiary/aromatic N) is 1. The molecule has 1 aliphatic rings. The minimum Gasteiger partial charge on any atom is -0.370 e. The van der Waals surface area contributed by atoms with Crippen LogP contribution in [0.2, 0.25) is 0 Å². The lowest BCUT2D eigenvalue weighted by Gasteiger charge is -2.25. The molecule has 16 heavy (non-hydrogen) atoms. The van der Waals surface area contributed by atoms with Crippen LogP contribution in [0, 0.1) is 20.8 Å². The summed E-state index contributed by atoms with van der Waals surface area (Å²) < 4.78 is 0. The van der Waals surface area contributed by atoms with Crippen molar-refractivity contribution in [2.24, 2.45) is 0 Å². The molecule has 0 bridgehead atoms. The van der Waals surface area contributed by atoms with Crippen molar-refractivity contribution in [1.29, 1.82) is 0 Å². The van der Waals surface area contributed by atoms with Gasteiger partial charge in [-0.25, -0.2) is 0 Å². The van der Waals surface area contributed by atoms with E-state index in [2.05, 4.69) is 43.1 Å². The predicted octanol–water partition coefficient (Wildman–Crippen LogP) is 2.41. The molecule has 1 aromatic rings. The second-order valence-electron chi connectivity index (χ2n) is 4.81. The summed E-state index contributed by atoms with van der Waals surface area (Å²) in [7, 11) is 0. The highest BCUT2D eigenvalue weighted by Gasteiger charge is 2.12. The van der Waals surface area contributed by atoms with Gasteiger partial charge >= 0.3 is 0 Å². The summed E-state index contributed by atoms with van der Waals surface area (Å²) in [6.07, 6.45) is 1.24. The maximum atomic E-state index is 3.45. The number of anilines is 1. The van der Waals surface area contributed by atoms with Crippen molar-refractivity contribution in [2.45, 2.75) is 27.2 Å². The molecule has 1 aliphatic heterocycles. The molecule has 1 fully saturated rings. The van der Waals surface area contributed by atoms with Gasteiger partial charge in [0.25, 0.3) is 0 Å². The fraction of sp³-hybridized carbons (Fsp3) is 0.571. The van der Waals surface area contributed by atoms with Crippen molar-refractivity contribution in [3.63, 3.8) is 0 Å². The number of aryl methyl sites for hydroxylation is 3. The van der Waals surface area contributed by atoms with Gasteiger partial charge in [0.1, 0.15) is 0 Å². The lowest BCUT2D eigenvalue weighted by Crippen LogP contribution is -2.28. The van der Waals surface area contributed by atoms with Crippen molar-refractivity contribution >= 4 is 5.69 Å². The van der Waals surface area contributed by atoms with Crippen LogP contribution >= 0.6 is 0 Å². The Hall–Kier alpha value is -1.02. The number of hydrogen-bond donors (Lipinski definition) is 1. The summed E-state index contributed by atoms with van der Waals surface area (Å²) in [5, 5.41) is 3.45. The van der Waals surface area contributed by atoms with E-state index >= 15 is 0 Å². The topological polar surface area (TPSA) is 15.3 Å². The molecule has 1 saturated heterocycles. The molecule has 1 N–H and O–H groups in total. The van der Waals surface area contributed by atoms with E-state index in [1.54, 1.807) is 0 Å². The molecule has 2 heteroatoms. The van der Waals surface area contributed by atoms with Gasteiger partial charge in [-0.3, -0.25) is 0 Å². The number of rotatable bonds is 1. The molecule has 0 atom stereocenters. The van der Waals surface area contributed by atoms with Gasteiger partial charge in [0.2, 0.25) is 0 Å². The van der Waals surface area contributed by atoms with Gasteiger partial charge in [-0.2, -0.15) is 0 Å². The summed E-state index contributed by atoms with van der Waals surface area (Å²) in [6.45, 7) is 11.2. The zero-order valence-electron chi connectivity index (χ0n) is 10.6. The zero-order chi connectivity index (χ0) is 11.5. The predicted molar refractivity (Wildman–Crippen MR) is 70.4 cm³/mol. The van der Waals surface area contributed by atoms with E-state index in [-0.39, 0.29) is 0 Å². The summed E-state index contributed by atoms with van der Waals surface area (Å²) in [5.41, 5.74) is 5.63. The fourth-order valence-corrected chi connectivity index (χ4v) is 2.37. The lowest BCUT2D eigenvalue weighted by atomic mass is 10.0. The third kappa shape index (κ3) is 2.38. The SMILES string of the molecule is Cc1cc(C)c(N2CCCNCC2)cc1C. The Labute approximate surface area is 98.7 Å². The molecule has 2 nitrogen and oxygen atoms in total. The summed E-state index contributed by atoms with van der Waals surface area (Å²) in [5.74, 6) is 0. The first kappa shape index (κ1) is 11.5. The van der Waals surface area contributed by atoms with E-state index in [4.69, 9.17) is 0 Å². The Morgan fingerprint density at radius 1 is 0.938 bits per heavy atom. The van der Waals surface area contributed by atoms with Gasteiger partial charge in [-0.1, -0.05) is 6.07 Å². The van der Waals surface area contributed by atoms with Gasteiger partial charge in [0, 0.05) is 25.3 Å². The van der Waals surface area contributed by atoms with E-state index in [0.717, 1.165) is 19.6 Å². The molecule has 1 heterocycles. The van der Waals surface area contributed by atoms with Crippen LogP contribution in [-0.4, -0.2) is 26.2 Å². The Balaban J connectivity index is 2.27. The normalized spacial score (nSPS) is 17.3. The highest BCUT2D eigenvalue weighted by Crippen LogP contribution is 2.24. The first-order valence-electron chi connectivity index (χ1n) is 6.22. The van der Waals surface area contributed by atoms with Crippen LogP contribution in [-0.2, 0) is 0 Å². The molecule has 0 saturated carbocycles. The molecule has 0 unspecified atom stereocenters. The molecule has 1 aromatic carbocycles. The van der Waals surface area contributed by atoms with Crippen molar-refractivity contribution in [2.75, 3.05) is 31.1 Å². The molecule has 0 amide bonds. The molecule has 0 radical (unpaired) electrons. The number of nitrogens with one attached hydrogen (secondary N) is 1. The monoisotopic (exact) mass is 218 g/mol. The maximum absolute atomic E-state index is 3.45. The minimum absolute atomic E-state index is 1.10. The van der Waals surface area contributed by atoms with Crippen LogP contribution < -0.4 is 10.2 Å². The van der Waals surface area contributed by atoms with Gasteiger partial charge in [0.05, 0.1) is 0 Å². The molecule has 0 aliphatic carbocycles. The first-order chi connectivity index (χ1) is 7.68. The standard InChI is InChI=1S/C14H22N2/c1-11-9-13(3)14(10-12(11)2)16-7-4-5-15-6-8-16/h9-10,15H,4-8H2,1-3H3. The summed E-state index contributed by atoms with van der Waals surface area (Å²) >= 11 is 0. The van der Waals surface area contributed by atoms with Gasteiger partial charge < -0.3 is 10.2 Å². The lowest BCUT2D eigenvalue weighted by molar-refractivity contribution is 0.724. The second-order valence-corrected chi connectivity index (χ2v) is 4.81. The van der Waals surface area contributed by atoms with Crippen molar-refractivity contribution in [1.82, 2.24) is 5.32 Å². The quantitative estimate of drug-likeness (QED) is 0.778. The average molecular weight is 218 g/mol. The molecule has 0 aromatic heterocycles. The molecular formula is C14H22N2. The zero-order valence-corrected chi connectivity index (χ0v) is 10.6. The third-order valence-corrected chi connectivity index (χ3v) is 3.49. The smallest absolute Gasteiger partial charge is 0.0399 e. The minimum atomic E-state index is 1.10. The van der Waals surface area contributed by atoms with Crippen LogP contribution in [0.25, 0.3) is 0 Å². The van der Waals surface area contributed by atoms with Crippen molar-refractivity contribution in [3.8, 4) is 0 Å². The average Bonchev–Trinajstić information content (AvgIpc) is 2.52. The molecule has 88 valence electrons. The van der Waals surface area contributed by atoms with Crippen LogP contribution in [0.3, 0.4) is 0 Å². The van der Waals surface area contributed by atoms with Crippen molar-refractivity contribution < 1.29 is 0 Å². The molecule has 2 rings (SSSR count). The van der Waals surface area contributed by atoms with E-state index in [9.17, 15) is 0 Å². The van der Waals surface area contributed by atoms with Crippen molar-refractivity contribution in [3.05, 3.63) is 28.8 Å². The van der Waals surface area contributed by atoms with Gasteiger partial charge in [0.15, 0.2) is 0 Å². The highest BCUT2D eigenvalue weighted by molar-refractivity contribution is 5.57. The Kier molecular flexibility index (Phi) is 3.49. The van der Waals surface area contributed by atoms with Crippen LogP contribution in [0.5, 0.6) is 0 Å². The highest BCUT2D eigenvalue weighted by atomic mass is 15.2. The molecule has 0 spiro atoms. The Morgan fingerprint density at radius 3 is 2.50 bits per heavy atom. The van der Waals surface area contributed by atoms with Crippen LogP contribution in [0.15, 0.2) is 12.1 Å². The third-order valence-electron chi connectivity index (χ3n) is 3.49.